The Labute approximate surface area is 321 Å². The van der Waals surface area contributed by atoms with Gasteiger partial charge in [-0.2, -0.15) is 0 Å². The van der Waals surface area contributed by atoms with Crippen LogP contribution in [-0.4, -0.2) is 24.9 Å². The lowest BCUT2D eigenvalue weighted by molar-refractivity contribution is 0.992. The van der Waals surface area contributed by atoms with E-state index in [1.54, 1.807) is 0 Å². The second-order valence-corrected chi connectivity index (χ2v) is 13.4. The topological polar surface area (TPSA) is 64.5 Å². The van der Waals surface area contributed by atoms with Crippen LogP contribution in [0.2, 0.25) is 0 Å². The minimum absolute atomic E-state index is 0.715. The van der Waals surface area contributed by atoms with E-state index in [0.717, 1.165) is 45.3 Å². The van der Waals surface area contributed by atoms with Gasteiger partial charge in [-0.05, 0) is 64.7 Å². The minimum atomic E-state index is 0.715. The molecule has 2 heterocycles. The van der Waals surface area contributed by atoms with E-state index < -0.39 is 0 Å². The zero-order valence-electron chi connectivity index (χ0n) is 31.1. The molecule has 0 saturated carbocycles. The van der Waals surface area contributed by atoms with Gasteiger partial charge in [-0.15, -0.1) is 0 Å². The molecule has 0 aliphatic rings. The molecule has 10 aromatic rings. The van der Waals surface area contributed by atoms with E-state index in [2.05, 4.69) is 111 Å². The molecule has 10 rings (SSSR count). The van der Waals surface area contributed by atoms with E-state index in [-0.39, 0.29) is 0 Å². The molecule has 5 nitrogen and oxygen atoms in total. The lowest BCUT2D eigenvalue weighted by Crippen LogP contribution is -1.99. The van der Waals surface area contributed by atoms with Gasteiger partial charge in [0.25, 0.3) is 0 Å². The van der Waals surface area contributed by atoms with Gasteiger partial charge < -0.3 is 0 Å². The number of rotatable bonds is 4. The van der Waals surface area contributed by atoms with E-state index in [0.29, 0.717) is 11.6 Å². The summed E-state index contributed by atoms with van der Waals surface area (Å²) in [4.78, 5) is 22.4. The quantitative estimate of drug-likeness (QED) is 0.170. The Hall–Kier alpha value is -7.11. The molecule has 0 amide bonds. The molecule has 5 heteroatoms. The Balaban J connectivity index is 0.000000117. The highest BCUT2D eigenvalue weighted by atomic mass is 15.0. The first-order valence-electron chi connectivity index (χ1n) is 18.4. The third-order valence-corrected chi connectivity index (χ3v) is 9.53. The highest BCUT2D eigenvalue weighted by Gasteiger charge is 2.10. The second-order valence-electron chi connectivity index (χ2n) is 13.4. The van der Waals surface area contributed by atoms with Gasteiger partial charge in [0, 0.05) is 22.3 Å². The van der Waals surface area contributed by atoms with Crippen molar-refractivity contribution >= 4 is 32.3 Å². The smallest absolute Gasteiger partial charge is 0.163 e. The van der Waals surface area contributed by atoms with Gasteiger partial charge in [0.1, 0.15) is 11.6 Å². The van der Waals surface area contributed by atoms with E-state index in [4.69, 9.17) is 0 Å². The highest BCUT2D eigenvalue weighted by Crippen LogP contribution is 2.35. The summed E-state index contributed by atoms with van der Waals surface area (Å²) >= 11 is 0. The number of hydrogen-bond donors (Lipinski definition) is 0. The molecule has 0 aliphatic carbocycles. The van der Waals surface area contributed by atoms with Crippen LogP contribution >= 0.6 is 0 Å². The highest BCUT2D eigenvalue weighted by molar-refractivity contribution is 6.23. The van der Waals surface area contributed by atoms with Crippen molar-refractivity contribution < 1.29 is 0 Å². The van der Waals surface area contributed by atoms with Gasteiger partial charge >= 0.3 is 0 Å². The summed E-state index contributed by atoms with van der Waals surface area (Å²) in [5, 5.41) is 8.23. The summed E-state index contributed by atoms with van der Waals surface area (Å²) in [6, 6.07) is 62.2. The average Bonchev–Trinajstić information content (AvgIpc) is 3.25. The van der Waals surface area contributed by atoms with Crippen molar-refractivity contribution in [3.05, 3.63) is 199 Å². The van der Waals surface area contributed by atoms with Crippen LogP contribution in [0.1, 0.15) is 17.2 Å². The maximum Gasteiger partial charge on any atom is 0.163 e. The van der Waals surface area contributed by atoms with Gasteiger partial charge in [0.15, 0.2) is 11.6 Å². The zero-order chi connectivity index (χ0) is 37.6. The van der Waals surface area contributed by atoms with Gasteiger partial charge in [-0.25, -0.2) is 24.9 Å². The van der Waals surface area contributed by atoms with Gasteiger partial charge in [-0.3, -0.25) is 0 Å². The largest absolute Gasteiger partial charge is 0.233 e. The van der Waals surface area contributed by atoms with Gasteiger partial charge in [0.2, 0.25) is 0 Å². The maximum atomic E-state index is 4.55. The predicted octanol–water partition coefficient (Wildman–Crippen LogP) is 12.5. The molecule has 8 aromatic carbocycles. The number of aromatic nitrogens is 5. The SMILES string of the molecule is Cc1ccc2ccc3cccc4ccc1c2c34.Cc1nc(-c2ccccc2)cc(-c2ccccc2)n1.Cc1nc(-c2ccccc2)nc(-c2ccccc2)n1. The number of hydrogen-bond acceptors (Lipinski definition) is 5. The second kappa shape index (κ2) is 15.9. The lowest BCUT2D eigenvalue weighted by Gasteiger charge is -2.11. The van der Waals surface area contributed by atoms with Crippen LogP contribution in [0.3, 0.4) is 0 Å². The molecule has 0 bridgehead atoms. The monoisotopic (exact) mass is 709 g/mol. The van der Waals surface area contributed by atoms with Crippen molar-refractivity contribution in [1.82, 2.24) is 24.9 Å². The standard InChI is InChI=1S/C17H14N2.C17H12.C16H13N3/c1-13-18-16(14-8-4-2-5-9-14)12-17(19-13)15-10-6-3-7-11-15;1-11-5-6-14-8-7-12-3-2-4-13-9-10-15(11)17(14)16(12)13;1-12-17-15(13-8-4-2-5-9-13)19-16(18-12)14-10-6-3-7-11-14/h2-12H,1H3;2-10H,1H3;2-11H,1H3. The normalized spacial score (nSPS) is 10.8. The van der Waals surface area contributed by atoms with Crippen molar-refractivity contribution in [1.29, 1.82) is 0 Å². The molecule has 0 N–H and O–H groups in total. The third kappa shape index (κ3) is 7.82. The summed E-state index contributed by atoms with van der Waals surface area (Å²) in [5.41, 5.74) is 7.53. The molecule has 2 aromatic heterocycles. The molecular formula is C50H39N5. The van der Waals surface area contributed by atoms with Gasteiger partial charge in [-0.1, -0.05) is 176 Å². The fraction of sp³-hybridized carbons (Fsp3) is 0.0600. The van der Waals surface area contributed by atoms with Crippen molar-refractivity contribution in [3.8, 4) is 45.3 Å². The Morgan fingerprint density at radius 2 is 0.709 bits per heavy atom. The van der Waals surface area contributed by atoms with Crippen molar-refractivity contribution in [3.63, 3.8) is 0 Å². The first-order chi connectivity index (χ1) is 27.0. The predicted molar refractivity (Wildman–Crippen MR) is 228 cm³/mol. The van der Waals surface area contributed by atoms with Gasteiger partial charge in [0.05, 0.1) is 11.4 Å². The zero-order valence-corrected chi connectivity index (χ0v) is 31.1. The summed E-state index contributed by atoms with van der Waals surface area (Å²) in [5.74, 6) is 2.95. The fourth-order valence-corrected chi connectivity index (χ4v) is 6.88. The fourth-order valence-electron chi connectivity index (χ4n) is 6.88. The number of aryl methyl sites for hydroxylation is 3. The van der Waals surface area contributed by atoms with Crippen LogP contribution in [-0.2, 0) is 0 Å². The van der Waals surface area contributed by atoms with Crippen LogP contribution in [0.25, 0.3) is 77.6 Å². The molecule has 0 saturated heterocycles. The molecule has 0 unspecified atom stereocenters. The molecule has 55 heavy (non-hydrogen) atoms. The maximum absolute atomic E-state index is 4.55. The molecule has 0 atom stereocenters. The van der Waals surface area contributed by atoms with Crippen molar-refractivity contribution in [2.24, 2.45) is 0 Å². The molecule has 0 fully saturated rings. The van der Waals surface area contributed by atoms with E-state index in [1.165, 1.54) is 37.9 Å². The minimum Gasteiger partial charge on any atom is -0.233 e. The Morgan fingerprint density at radius 1 is 0.309 bits per heavy atom. The first kappa shape index (κ1) is 34.9. The molecule has 264 valence electrons. The third-order valence-electron chi connectivity index (χ3n) is 9.53. The van der Waals surface area contributed by atoms with Crippen molar-refractivity contribution in [2.45, 2.75) is 20.8 Å². The average molecular weight is 710 g/mol. The number of nitrogens with zero attached hydrogens (tertiary/aromatic N) is 5. The summed E-state index contributed by atoms with van der Waals surface area (Å²) < 4.78 is 0. The van der Waals surface area contributed by atoms with E-state index in [1.807, 2.05) is 117 Å². The van der Waals surface area contributed by atoms with Crippen LogP contribution in [0.4, 0.5) is 0 Å². The molecule has 0 aliphatic heterocycles. The van der Waals surface area contributed by atoms with Crippen molar-refractivity contribution in [2.75, 3.05) is 0 Å². The van der Waals surface area contributed by atoms with Crippen LogP contribution in [0.15, 0.2) is 182 Å². The summed E-state index contributed by atoms with van der Waals surface area (Å²) in [6.45, 7) is 6.01. The molecule has 0 radical (unpaired) electrons. The van der Waals surface area contributed by atoms with E-state index in [9.17, 15) is 0 Å². The summed E-state index contributed by atoms with van der Waals surface area (Å²) in [7, 11) is 0. The first-order valence-corrected chi connectivity index (χ1v) is 18.4. The summed E-state index contributed by atoms with van der Waals surface area (Å²) in [6.07, 6.45) is 0. The number of benzene rings is 8. The Bertz CT molecular complexity index is 2570. The van der Waals surface area contributed by atoms with Crippen LogP contribution in [0.5, 0.6) is 0 Å². The van der Waals surface area contributed by atoms with E-state index >= 15 is 0 Å². The molecular weight excluding hydrogens is 671 g/mol. The lowest BCUT2D eigenvalue weighted by atomic mass is 9.92. The Morgan fingerprint density at radius 3 is 1.20 bits per heavy atom. The molecule has 0 spiro atoms. The van der Waals surface area contributed by atoms with Crippen LogP contribution < -0.4 is 0 Å². The van der Waals surface area contributed by atoms with Crippen LogP contribution in [0, 0.1) is 20.8 Å². The Kier molecular flexibility index (Phi) is 10.1.